The van der Waals surface area contributed by atoms with Crippen LogP contribution in [-0.2, 0) is 27.3 Å². The molecule has 0 saturated carbocycles. The molecule has 188 valence electrons. The summed E-state index contributed by atoms with van der Waals surface area (Å²) >= 11 is 0. The molecule has 10 nitrogen and oxygen atoms in total. The van der Waals surface area contributed by atoms with Crippen molar-refractivity contribution in [2.24, 2.45) is 5.92 Å². The third-order valence-corrected chi connectivity index (χ3v) is 5.71. The van der Waals surface area contributed by atoms with Crippen LogP contribution in [0.15, 0.2) is 42.6 Å². The third kappa shape index (κ3) is 7.33. The fraction of sp³-hybridized carbons (Fsp3) is 0.440. The van der Waals surface area contributed by atoms with E-state index in [1.54, 1.807) is 24.3 Å². The van der Waals surface area contributed by atoms with Crippen molar-refractivity contribution in [3.8, 4) is 5.75 Å². The quantitative estimate of drug-likeness (QED) is 0.284. The standard InChI is InChI=1S/C25H31N3O7/c1-2-3-12-35-25(32)27(22-7-4-5-11-28(22)33)10-6-13-34-21-9-8-18-14-19(16-23(29)30)24(31)26-17-20(18)15-21/h4-5,7-9,11,15,19H,2-3,6,10,12-14,16-17H2,1H3,(H,26,31)(H,29,30)/t19-/m0/s1. The van der Waals surface area contributed by atoms with Crippen molar-refractivity contribution >= 4 is 23.8 Å². The third-order valence-electron chi connectivity index (χ3n) is 5.71. The summed E-state index contributed by atoms with van der Waals surface area (Å²) in [5.41, 5.74) is 1.79. The molecular formula is C25H31N3O7. The number of ether oxygens (including phenoxy) is 2. The maximum Gasteiger partial charge on any atom is 0.507 e. The summed E-state index contributed by atoms with van der Waals surface area (Å²) in [5, 5.41) is 24.0. The molecule has 0 unspecified atom stereocenters. The van der Waals surface area contributed by atoms with E-state index < -0.39 is 18.0 Å². The Morgan fingerprint density at radius 2 is 2.03 bits per heavy atom. The number of hydrogen-bond acceptors (Lipinski definition) is 6. The van der Waals surface area contributed by atoms with E-state index in [4.69, 9.17) is 14.6 Å². The maximum atomic E-state index is 12.6. The minimum Gasteiger partial charge on any atom is -0.711 e. The first-order chi connectivity index (χ1) is 16.9. The molecule has 0 fully saturated rings. The number of carboxylic acid groups (broad SMARTS) is 1. The van der Waals surface area contributed by atoms with Crippen LogP contribution in [0, 0.1) is 11.1 Å². The zero-order valence-electron chi connectivity index (χ0n) is 19.8. The molecule has 2 aromatic rings. The van der Waals surface area contributed by atoms with Gasteiger partial charge in [-0.05, 0) is 42.2 Å². The Balaban J connectivity index is 1.59. The Bertz CT molecular complexity index is 1040. The number of amides is 2. The van der Waals surface area contributed by atoms with E-state index in [0.29, 0.717) is 29.9 Å². The van der Waals surface area contributed by atoms with Crippen LogP contribution in [-0.4, -0.2) is 42.8 Å². The van der Waals surface area contributed by atoms with E-state index >= 15 is 0 Å². The van der Waals surface area contributed by atoms with Crippen LogP contribution < -0.4 is 19.7 Å². The van der Waals surface area contributed by atoms with Gasteiger partial charge in [-0.25, -0.2) is 4.73 Å². The van der Waals surface area contributed by atoms with Gasteiger partial charge in [-0.3, -0.25) is 9.59 Å². The number of nitrogens with one attached hydrogen (secondary N) is 1. The second-order valence-corrected chi connectivity index (χ2v) is 8.35. The van der Waals surface area contributed by atoms with Gasteiger partial charge in [-0.1, -0.05) is 25.5 Å². The summed E-state index contributed by atoms with van der Waals surface area (Å²) < 4.78 is 11.8. The fourth-order valence-electron chi connectivity index (χ4n) is 3.84. The lowest BCUT2D eigenvalue weighted by molar-refractivity contribution is -0.591. The zero-order chi connectivity index (χ0) is 25.2. The van der Waals surface area contributed by atoms with Gasteiger partial charge in [0.05, 0.1) is 31.7 Å². The number of anilines is 1. The van der Waals surface area contributed by atoms with Gasteiger partial charge < -0.3 is 25.1 Å². The summed E-state index contributed by atoms with van der Waals surface area (Å²) in [5.74, 6) is -1.09. The highest BCUT2D eigenvalue weighted by molar-refractivity contribution is 5.85. The second kappa shape index (κ2) is 12.6. The largest absolute Gasteiger partial charge is 0.711 e. The Morgan fingerprint density at radius 1 is 1.20 bits per heavy atom. The highest BCUT2D eigenvalue weighted by atomic mass is 16.6. The van der Waals surface area contributed by atoms with Gasteiger partial charge in [0.1, 0.15) is 12.3 Å². The molecule has 0 bridgehead atoms. The van der Waals surface area contributed by atoms with Crippen molar-refractivity contribution < 1.29 is 33.7 Å². The smallest absolute Gasteiger partial charge is 0.507 e. The molecule has 1 aromatic heterocycles. The summed E-state index contributed by atoms with van der Waals surface area (Å²) in [6, 6.07) is 10.3. The lowest BCUT2D eigenvalue weighted by Crippen LogP contribution is -2.42. The van der Waals surface area contributed by atoms with Crippen LogP contribution in [0.5, 0.6) is 5.75 Å². The first-order valence-electron chi connectivity index (χ1n) is 11.8. The zero-order valence-corrected chi connectivity index (χ0v) is 19.8. The Morgan fingerprint density at radius 3 is 2.77 bits per heavy atom. The molecule has 2 heterocycles. The molecule has 0 radical (unpaired) electrons. The molecule has 1 aliphatic rings. The molecule has 1 atom stereocenters. The number of carboxylic acids is 1. The molecule has 1 aromatic carbocycles. The van der Waals surface area contributed by atoms with Crippen LogP contribution in [0.3, 0.4) is 0 Å². The van der Waals surface area contributed by atoms with Crippen LogP contribution >= 0.6 is 0 Å². The normalized spacial score (nSPS) is 14.9. The molecular weight excluding hydrogens is 454 g/mol. The number of hydrogen-bond donors (Lipinski definition) is 2. The van der Waals surface area contributed by atoms with E-state index in [1.807, 2.05) is 19.1 Å². The van der Waals surface area contributed by atoms with Crippen molar-refractivity contribution in [3.05, 3.63) is 58.9 Å². The lowest BCUT2D eigenvalue weighted by atomic mass is 9.94. The van der Waals surface area contributed by atoms with Crippen LogP contribution in [0.4, 0.5) is 10.6 Å². The number of aromatic nitrogens is 1. The highest BCUT2D eigenvalue weighted by Gasteiger charge is 2.28. The van der Waals surface area contributed by atoms with Crippen LogP contribution in [0.2, 0.25) is 0 Å². The lowest BCUT2D eigenvalue weighted by Gasteiger charge is -2.18. The molecule has 2 amide bonds. The van der Waals surface area contributed by atoms with E-state index in [-0.39, 0.29) is 37.9 Å². The van der Waals surface area contributed by atoms with Gasteiger partial charge in [0.25, 0.3) is 5.82 Å². The number of rotatable bonds is 11. The van der Waals surface area contributed by atoms with Crippen molar-refractivity contribution in [1.82, 2.24) is 5.32 Å². The van der Waals surface area contributed by atoms with Crippen molar-refractivity contribution in [3.63, 3.8) is 0 Å². The van der Waals surface area contributed by atoms with Crippen LogP contribution in [0.1, 0.15) is 43.7 Å². The average Bonchev–Trinajstić information content (AvgIpc) is 2.98. The molecule has 0 spiro atoms. The Labute approximate surface area is 204 Å². The first kappa shape index (κ1) is 25.8. The molecule has 0 saturated heterocycles. The molecule has 1 aliphatic heterocycles. The summed E-state index contributed by atoms with van der Waals surface area (Å²) in [7, 11) is 0. The molecule has 0 aliphatic carbocycles. The number of fused-ring (bicyclic) bond motifs is 1. The predicted octanol–water partition coefficient (Wildman–Crippen LogP) is 2.80. The number of nitrogens with zero attached hydrogens (tertiary/aromatic N) is 2. The van der Waals surface area contributed by atoms with Gasteiger partial charge in [0.2, 0.25) is 5.91 Å². The van der Waals surface area contributed by atoms with E-state index in [9.17, 15) is 19.6 Å². The minimum absolute atomic E-state index is 0.186. The monoisotopic (exact) mass is 485 g/mol. The Hall–Kier alpha value is -3.82. The summed E-state index contributed by atoms with van der Waals surface area (Å²) in [6.45, 7) is 3.10. The van der Waals surface area contributed by atoms with E-state index in [0.717, 1.165) is 24.0 Å². The van der Waals surface area contributed by atoms with Gasteiger partial charge >= 0.3 is 12.1 Å². The van der Waals surface area contributed by atoms with E-state index in [1.165, 1.54) is 11.1 Å². The average molecular weight is 486 g/mol. The fourth-order valence-corrected chi connectivity index (χ4v) is 3.84. The van der Waals surface area contributed by atoms with Gasteiger partial charge in [-0.2, -0.15) is 9.69 Å². The molecule has 3 rings (SSSR count). The SMILES string of the molecule is CCCCOC(=O)N(CCCOc1ccc2c(c1)CNC(=O)[C@H](CC(=O)O)C2)c1cccc[n+]1[O-]. The van der Waals surface area contributed by atoms with Crippen LogP contribution in [0.25, 0.3) is 0 Å². The number of benzene rings is 1. The van der Waals surface area contributed by atoms with Crippen molar-refractivity contribution in [2.45, 2.75) is 45.6 Å². The second-order valence-electron chi connectivity index (χ2n) is 8.35. The maximum absolute atomic E-state index is 12.6. The highest BCUT2D eigenvalue weighted by Crippen LogP contribution is 2.25. The number of carbonyl (C=O) groups excluding carboxylic acids is 2. The van der Waals surface area contributed by atoms with Gasteiger partial charge in [0.15, 0.2) is 0 Å². The first-order valence-corrected chi connectivity index (χ1v) is 11.8. The summed E-state index contributed by atoms with van der Waals surface area (Å²) in [4.78, 5) is 37.1. The molecule has 2 N–H and O–H groups in total. The number of carbonyl (C=O) groups is 3. The van der Waals surface area contributed by atoms with E-state index in [2.05, 4.69) is 5.32 Å². The predicted molar refractivity (Wildman–Crippen MR) is 127 cm³/mol. The topological polar surface area (TPSA) is 132 Å². The number of unbranched alkanes of at least 4 members (excludes halogenated alkanes) is 1. The molecule has 35 heavy (non-hydrogen) atoms. The summed E-state index contributed by atoms with van der Waals surface area (Å²) in [6.07, 6.45) is 2.97. The van der Waals surface area contributed by atoms with Gasteiger partial charge in [0, 0.05) is 19.0 Å². The number of pyridine rings is 1. The number of aliphatic carboxylic acids is 1. The van der Waals surface area contributed by atoms with Crippen molar-refractivity contribution in [2.75, 3.05) is 24.7 Å². The molecule has 10 heteroatoms. The Kier molecular flexibility index (Phi) is 9.28. The minimum atomic E-state index is -1.00. The van der Waals surface area contributed by atoms with Gasteiger partial charge in [-0.15, -0.1) is 0 Å². The van der Waals surface area contributed by atoms with Crippen molar-refractivity contribution in [1.29, 1.82) is 0 Å².